The third kappa shape index (κ3) is 7.97. The molecule has 0 radical (unpaired) electrons. The largest absolute Gasteiger partial charge is 0.336 e. The summed E-state index contributed by atoms with van der Waals surface area (Å²) in [6, 6.07) is -0.324. The number of Topliss-reactive ketones (excluding diaryl/α,β-unsaturated/α-hetero) is 1. The van der Waals surface area contributed by atoms with Crippen molar-refractivity contribution in [2.75, 3.05) is 46.3 Å². The smallest absolute Gasteiger partial charge is 0.324 e. The average molecular weight is 383 g/mol. The lowest BCUT2D eigenvalue weighted by atomic mass is 9.81. The minimum atomic E-state index is -0.324. The van der Waals surface area contributed by atoms with Gasteiger partial charge in [0.2, 0.25) is 5.91 Å². The molecule has 1 aliphatic carbocycles. The standard InChI is InChI=1S/C20H38N4O3/c1-5-23(6-2)12-11-22-20(27)24(7-3)19(26)17(15-21-4)13-16-9-8-10-18(25)14-16/h16-17,21H,5-15H2,1-4H3,(H,22,27). The van der Waals surface area contributed by atoms with E-state index in [-0.39, 0.29) is 23.8 Å². The third-order valence-electron chi connectivity index (χ3n) is 5.43. The maximum absolute atomic E-state index is 13.0. The van der Waals surface area contributed by atoms with Crippen molar-refractivity contribution in [2.24, 2.45) is 11.8 Å². The van der Waals surface area contributed by atoms with Crippen LogP contribution in [0.5, 0.6) is 0 Å². The molecule has 0 saturated heterocycles. The van der Waals surface area contributed by atoms with Crippen molar-refractivity contribution >= 4 is 17.7 Å². The zero-order valence-electron chi connectivity index (χ0n) is 17.6. The van der Waals surface area contributed by atoms with Crippen LogP contribution in [0.4, 0.5) is 4.79 Å². The van der Waals surface area contributed by atoms with Gasteiger partial charge in [-0.25, -0.2) is 4.79 Å². The van der Waals surface area contributed by atoms with Crippen LogP contribution in [0.15, 0.2) is 0 Å². The lowest BCUT2D eigenvalue weighted by molar-refractivity contribution is -0.133. The number of nitrogens with zero attached hydrogens (tertiary/aromatic N) is 2. The van der Waals surface area contributed by atoms with Gasteiger partial charge in [-0.1, -0.05) is 13.8 Å². The van der Waals surface area contributed by atoms with Crippen LogP contribution in [0.2, 0.25) is 0 Å². The zero-order valence-corrected chi connectivity index (χ0v) is 17.6. The SMILES string of the molecule is CCN(CC)CCNC(=O)N(CC)C(=O)C(CNC)CC1CCCC(=O)C1. The lowest BCUT2D eigenvalue weighted by Crippen LogP contribution is -2.49. The van der Waals surface area contributed by atoms with Crippen molar-refractivity contribution in [1.29, 1.82) is 0 Å². The molecule has 0 aromatic heterocycles. The van der Waals surface area contributed by atoms with Gasteiger partial charge in [0, 0.05) is 39.0 Å². The van der Waals surface area contributed by atoms with Crippen molar-refractivity contribution in [3.05, 3.63) is 0 Å². The Bertz CT molecular complexity index is 480. The molecular weight excluding hydrogens is 344 g/mol. The van der Waals surface area contributed by atoms with Crippen LogP contribution in [-0.4, -0.2) is 73.8 Å². The van der Waals surface area contributed by atoms with Crippen LogP contribution >= 0.6 is 0 Å². The normalized spacial score (nSPS) is 18.4. The molecule has 0 aromatic carbocycles. The topological polar surface area (TPSA) is 81.8 Å². The van der Waals surface area contributed by atoms with Gasteiger partial charge in [-0.05, 0) is 52.2 Å². The molecule has 1 rings (SSSR count). The summed E-state index contributed by atoms with van der Waals surface area (Å²) < 4.78 is 0. The number of carbonyl (C=O) groups is 3. The molecule has 2 N–H and O–H groups in total. The Morgan fingerprint density at radius 1 is 1.19 bits per heavy atom. The van der Waals surface area contributed by atoms with E-state index in [1.54, 1.807) is 0 Å². The minimum absolute atomic E-state index is 0.148. The molecule has 2 unspecified atom stereocenters. The number of amides is 3. The Hall–Kier alpha value is -1.47. The molecule has 0 aromatic rings. The highest BCUT2D eigenvalue weighted by atomic mass is 16.2. The van der Waals surface area contributed by atoms with Gasteiger partial charge < -0.3 is 15.5 Å². The Morgan fingerprint density at radius 2 is 1.89 bits per heavy atom. The van der Waals surface area contributed by atoms with Gasteiger partial charge in [-0.3, -0.25) is 14.5 Å². The molecule has 1 aliphatic rings. The van der Waals surface area contributed by atoms with E-state index in [0.717, 1.165) is 32.5 Å². The Morgan fingerprint density at radius 3 is 2.44 bits per heavy atom. The van der Waals surface area contributed by atoms with Gasteiger partial charge in [0.1, 0.15) is 5.78 Å². The summed E-state index contributed by atoms with van der Waals surface area (Å²) in [5, 5.41) is 5.94. The summed E-state index contributed by atoms with van der Waals surface area (Å²) in [5.41, 5.74) is 0. The van der Waals surface area contributed by atoms with Crippen molar-refractivity contribution in [3.63, 3.8) is 0 Å². The summed E-state index contributed by atoms with van der Waals surface area (Å²) in [7, 11) is 1.81. The van der Waals surface area contributed by atoms with E-state index in [9.17, 15) is 14.4 Å². The van der Waals surface area contributed by atoms with E-state index < -0.39 is 0 Å². The van der Waals surface area contributed by atoms with E-state index in [1.807, 2.05) is 14.0 Å². The number of carbonyl (C=O) groups excluding carboxylic acids is 3. The van der Waals surface area contributed by atoms with Crippen molar-refractivity contribution in [3.8, 4) is 0 Å². The van der Waals surface area contributed by atoms with Crippen LogP contribution in [0, 0.1) is 11.8 Å². The van der Waals surface area contributed by atoms with Gasteiger partial charge in [0.15, 0.2) is 0 Å². The summed E-state index contributed by atoms with van der Waals surface area (Å²) >= 11 is 0. The highest BCUT2D eigenvalue weighted by Gasteiger charge is 2.31. The first-order valence-corrected chi connectivity index (χ1v) is 10.4. The molecule has 27 heavy (non-hydrogen) atoms. The zero-order chi connectivity index (χ0) is 20.2. The van der Waals surface area contributed by atoms with Gasteiger partial charge in [-0.2, -0.15) is 0 Å². The number of hydrogen-bond donors (Lipinski definition) is 2. The Balaban J connectivity index is 2.64. The summed E-state index contributed by atoms with van der Waals surface area (Å²) in [6.45, 7) is 10.0. The summed E-state index contributed by atoms with van der Waals surface area (Å²) in [5.74, 6) is 0.117. The van der Waals surface area contributed by atoms with Gasteiger partial charge in [0.25, 0.3) is 0 Å². The fraction of sp³-hybridized carbons (Fsp3) is 0.850. The number of nitrogens with one attached hydrogen (secondary N) is 2. The molecule has 0 bridgehead atoms. The molecule has 0 aliphatic heterocycles. The Labute approximate surface area is 164 Å². The second kappa shape index (κ2) is 12.8. The molecule has 7 nitrogen and oxygen atoms in total. The van der Waals surface area contributed by atoms with E-state index in [4.69, 9.17) is 0 Å². The van der Waals surface area contributed by atoms with E-state index in [1.165, 1.54) is 4.90 Å². The minimum Gasteiger partial charge on any atom is -0.336 e. The third-order valence-corrected chi connectivity index (χ3v) is 5.43. The van der Waals surface area contributed by atoms with Crippen LogP contribution in [0.25, 0.3) is 0 Å². The first-order chi connectivity index (χ1) is 13.0. The molecule has 0 heterocycles. The first-order valence-electron chi connectivity index (χ1n) is 10.4. The van der Waals surface area contributed by atoms with Crippen molar-refractivity contribution < 1.29 is 14.4 Å². The highest BCUT2D eigenvalue weighted by molar-refractivity contribution is 5.95. The molecule has 156 valence electrons. The van der Waals surface area contributed by atoms with Crippen LogP contribution < -0.4 is 10.6 Å². The Kier molecular flexibility index (Phi) is 11.2. The van der Waals surface area contributed by atoms with Gasteiger partial charge >= 0.3 is 6.03 Å². The molecular formula is C20H38N4O3. The number of ketones is 1. The van der Waals surface area contributed by atoms with E-state index in [0.29, 0.717) is 44.7 Å². The van der Waals surface area contributed by atoms with Crippen molar-refractivity contribution in [1.82, 2.24) is 20.4 Å². The fourth-order valence-corrected chi connectivity index (χ4v) is 3.81. The molecule has 1 saturated carbocycles. The molecule has 0 spiro atoms. The maximum Gasteiger partial charge on any atom is 0.324 e. The number of rotatable bonds is 11. The predicted molar refractivity (Wildman–Crippen MR) is 108 cm³/mol. The number of urea groups is 1. The number of imide groups is 1. The quantitative estimate of drug-likeness (QED) is 0.570. The second-order valence-corrected chi connectivity index (χ2v) is 7.33. The monoisotopic (exact) mass is 382 g/mol. The highest BCUT2D eigenvalue weighted by Crippen LogP contribution is 2.28. The van der Waals surface area contributed by atoms with Gasteiger partial charge in [-0.15, -0.1) is 0 Å². The molecule has 1 fully saturated rings. The van der Waals surface area contributed by atoms with Crippen LogP contribution in [0.3, 0.4) is 0 Å². The second-order valence-electron chi connectivity index (χ2n) is 7.33. The number of hydrogen-bond acceptors (Lipinski definition) is 5. The van der Waals surface area contributed by atoms with Crippen LogP contribution in [0.1, 0.15) is 52.9 Å². The van der Waals surface area contributed by atoms with Gasteiger partial charge in [0.05, 0.1) is 5.92 Å². The fourth-order valence-electron chi connectivity index (χ4n) is 3.81. The maximum atomic E-state index is 13.0. The predicted octanol–water partition coefficient (Wildman–Crippen LogP) is 1.87. The lowest BCUT2D eigenvalue weighted by Gasteiger charge is -2.29. The first kappa shape index (κ1) is 23.6. The van der Waals surface area contributed by atoms with E-state index >= 15 is 0 Å². The summed E-state index contributed by atoms with van der Waals surface area (Å²) in [6.07, 6.45) is 3.79. The molecule has 3 amide bonds. The van der Waals surface area contributed by atoms with E-state index in [2.05, 4.69) is 29.4 Å². The van der Waals surface area contributed by atoms with Crippen molar-refractivity contribution in [2.45, 2.75) is 52.9 Å². The molecule has 7 heteroatoms. The average Bonchev–Trinajstić information content (AvgIpc) is 2.65. The summed E-state index contributed by atoms with van der Waals surface area (Å²) in [4.78, 5) is 40.8. The van der Waals surface area contributed by atoms with Crippen LogP contribution in [-0.2, 0) is 9.59 Å². The number of likely N-dealkylation sites (N-methyl/N-ethyl adjacent to an activating group) is 1. The molecule has 2 atom stereocenters.